The third-order valence-electron chi connectivity index (χ3n) is 1.43. The smallest absolute Gasteiger partial charge is 0.300 e. The van der Waals surface area contributed by atoms with Crippen LogP contribution in [-0.4, -0.2) is 29.8 Å². The zero-order chi connectivity index (χ0) is 8.85. The van der Waals surface area contributed by atoms with Crippen molar-refractivity contribution in [2.75, 3.05) is 6.61 Å². The minimum Gasteiger partial charge on any atom is -0.481 e. The molecule has 11 heavy (non-hydrogen) atoms. The average Bonchev–Trinajstić information content (AvgIpc) is 2.15. The summed E-state index contributed by atoms with van der Waals surface area (Å²) in [6.07, 6.45) is 1.32. The maximum absolute atomic E-state index is 9.00. The van der Waals surface area contributed by atoms with Gasteiger partial charge in [0.15, 0.2) is 0 Å². The second-order valence-electron chi connectivity index (χ2n) is 2.55. The van der Waals surface area contributed by atoms with E-state index in [4.69, 9.17) is 20.4 Å². The van der Waals surface area contributed by atoms with Crippen LogP contribution in [0.3, 0.4) is 0 Å². The third kappa shape index (κ3) is 5.82. The van der Waals surface area contributed by atoms with E-state index < -0.39 is 5.97 Å². The molecule has 0 bridgehead atoms. The monoisotopic (exact) mass is 161 g/mol. The van der Waals surface area contributed by atoms with E-state index in [1.54, 1.807) is 0 Å². The van der Waals surface area contributed by atoms with Crippen LogP contribution in [0.2, 0.25) is 0 Å². The van der Waals surface area contributed by atoms with Gasteiger partial charge < -0.3 is 15.6 Å². The highest BCUT2D eigenvalue weighted by atomic mass is 16.5. The van der Waals surface area contributed by atoms with E-state index in [2.05, 4.69) is 0 Å². The Morgan fingerprint density at radius 3 is 2.27 bits per heavy atom. The highest BCUT2D eigenvalue weighted by Crippen LogP contribution is 2.08. The minimum atomic E-state index is -0.833. The number of ether oxygens (including phenoxy) is 1. The van der Waals surface area contributed by atoms with Gasteiger partial charge in [-0.05, 0) is 13.3 Å². The van der Waals surface area contributed by atoms with Crippen LogP contribution in [0.5, 0.6) is 0 Å². The summed E-state index contributed by atoms with van der Waals surface area (Å²) in [6, 6.07) is 0.292. The van der Waals surface area contributed by atoms with Gasteiger partial charge in [0.05, 0.1) is 6.10 Å². The van der Waals surface area contributed by atoms with E-state index in [0.29, 0.717) is 12.1 Å². The minimum absolute atomic E-state index is 0.292. The van der Waals surface area contributed by atoms with Gasteiger partial charge >= 0.3 is 0 Å². The summed E-state index contributed by atoms with van der Waals surface area (Å²) in [4.78, 5) is 9.00. The normalized spacial score (nSPS) is 29.0. The molecule has 0 aromatic carbocycles. The molecule has 1 heterocycles. The average molecular weight is 161 g/mol. The molecule has 4 heteroatoms. The lowest BCUT2D eigenvalue weighted by atomic mass is 10.2. The number of nitrogens with two attached hydrogens (primary N) is 1. The Morgan fingerprint density at radius 2 is 2.18 bits per heavy atom. The first-order valence-electron chi connectivity index (χ1n) is 3.60. The Kier molecular flexibility index (Phi) is 4.81. The number of rotatable bonds is 0. The van der Waals surface area contributed by atoms with Crippen LogP contribution < -0.4 is 5.73 Å². The molecule has 0 radical (unpaired) electrons. The quantitative estimate of drug-likeness (QED) is 0.533. The molecule has 1 saturated heterocycles. The Balaban J connectivity index is 0.000000218. The summed E-state index contributed by atoms with van der Waals surface area (Å²) in [5.74, 6) is -0.833. The van der Waals surface area contributed by atoms with Crippen LogP contribution in [0.15, 0.2) is 0 Å². The molecule has 66 valence electrons. The van der Waals surface area contributed by atoms with Gasteiger partial charge in [-0.1, -0.05) is 0 Å². The molecule has 0 amide bonds. The molecule has 1 aliphatic rings. The van der Waals surface area contributed by atoms with Crippen molar-refractivity contribution < 1.29 is 14.6 Å². The lowest BCUT2D eigenvalue weighted by molar-refractivity contribution is -0.134. The molecular weight excluding hydrogens is 146 g/mol. The van der Waals surface area contributed by atoms with Gasteiger partial charge in [-0.3, -0.25) is 4.79 Å². The predicted octanol–water partition coefficient (Wildman–Crippen LogP) is 0.213. The topological polar surface area (TPSA) is 72.5 Å². The lowest BCUT2D eigenvalue weighted by Crippen LogP contribution is -2.26. The molecule has 0 spiro atoms. The Labute approximate surface area is 66.3 Å². The van der Waals surface area contributed by atoms with Crippen molar-refractivity contribution in [2.45, 2.75) is 32.4 Å². The van der Waals surface area contributed by atoms with E-state index in [-0.39, 0.29) is 0 Å². The van der Waals surface area contributed by atoms with E-state index in [1.165, 1.54) is 0 Å². The summed E-state index contributed by atoms with van der Waals surface area (Å²) in [6.45, 7) is 3.94. The van der Waals surface area contributed by atoms with Crippen molar-refractivity contribution in [3.8, 4) is 0 Å². The molecule has 3 N–H and O–H groups in total. The Morgan fingerprint density at radius 1 is 1.73 bits per heavy atom. The van der Waals surface area contributed by atoms with E-state index >= 15 is 0 Å². The highest BCUT2D eigenvalue weighted by Gasteiger charge is 2.18. The van der Waals surface area contributed by atoms with Crippen molar-refractivity contribution in [1.82, 2.24) is 0 Å². The van der Waals surface area contributed by atoms with Crippen LogP contribution >= 0.6 is 0 Å². The number of carboxylic acid groups (broad SMARTS) is 1. The van der Waals surface area contributed by atoms with E-state index in [0.717, 1.165) is 20.0 Å². The second-order valence-corrected chi connectivity index (χ2v) is 2.55. The highest BCUT2D eigenvalue weighted by molar-refractivity contribution is 5.62. The molecule has 1 aliphatic heterocycles. The summed E-state index contributed by atoms with van der Waals surface area (Å²) in [7, 11) is 0. The van der Waals surface area contributed by atoms with Crippen LogP contribution in [0.4, 0.5) is 0 Å². The molecule has 1 rings (SSSR count). The molecule has 4 nitrogen and oxygen atoms in total. The number of hydrogen-bond donors (Lipinski definition) is 2. The fourth-order valence-electron chi connectivity index (χ4n) is 0.748. The molecule has 2 atom stereocenters. The molecule has 0 aromatic rings. The van der Waals surface area contributed by atoms with Gasteiger partial charge in [0, 0.05) is 19.6 Å². The number of hydrogen-bond acceptors (Lipinski definition) is 3. The van der Waals surface area contributed by atoms with Crippen LogP contribution in [-0.2, 0) is 9.53 Å². The molecule has 1 fully saturated rings. The zero-order valence-corrected chi connectivity index (χ0v) is 6.91. The lowest BCUT2D eigenvalue weighted by Gasteiger charge is -2.04. The zero-order valence-electron chi connectivity index (χ0n) is 6.91. The SMILES string of the molecule is CC(=O)O.CC1OCCC1N. The molecule has 2 unspecified atom stereocenters. The van der Waals surface area contributed by atoms with Gasteiger partial charge in [0.2, 0.25) is 0 Å². The molecule has 0 aliphatic carbocycles. The Bertz CT molecular complexity index is 115. The van der Waals surface area contributed by atoms with E-state index in [1.807, 2.05) is 6.92 Å². The first kappa shape index (κ1) is 10.4. The number of carboxylic acids is 1. The largest absolute Gasteiger partial charge is 0.481 e. The summed E-state index contributed by atoms with van der Waals surface area (Å²) < 4.78 is 5.14. The first-order valence-corrected chi connectivity index (χ1v) is 3.60. The van der Waals surface area contributed by atoms with Gasteiger partial charge in [0.1, 0.15) is 0 Å². The molecule has 0 saturated carbocycles. The van der Waals surface area contributed by atoms with Crippen LogP contribution in [0, 0.1) is 0 Å². The maximum Gasteiger partial charge on any atom is 0.300 e. The van der Waals surface area contributed by atoms with Gasteiger partial charge in [-0.25, -0.2) is 0 Å². The first-order chi connectivity index (χ1) is 5.04. The summed E-state index contributed by atoms with van der Waals surface area (Å²) in [5.41, 5.74) is 5.55. The second kappa shape index (κ2) is 5.09. The van der Waals surface area contributed by atoms with Crippen molar-refractivity contribution in [2.24, 2.45) is 5.73 Å². The Hall–Kier alpha value is -0.610. The third-order valence-corrected chi connectivity index (χ3v) is 1.43. The fraction of sp³-hybridized carbons (Fsp3) is 0.857. The van der Waals surface area contributed by atoms with Gasteiger partial charge in [-0.2, -0.15) is 0 Å². The van der Waals surface area contributed by atoms with Crippen molar-refractivity contribution in [3.05, 3.63) is 0 Å². The number of aliphatic carboxylic acids is 1. The molecular formula is C7H15NO3. The van der Waals surface area contributed by atoms with Crippen molar-refractivity contribution >= 4 is 5.97 Å². The van der Waals surface area contributed by atoms with Crippen molar-refractivity contribution in [1.29, 1.82) is 0 Å². The maximum atomic E-state index is 9.00. The summed E-state index contributed by atoms with van der Waals surface area (Å²) >= 11 is 0. The standard InChI is InChI=1S/C5H11NO.C2H4O2/c1-4-5(6)2-3-7-4;1-2(3)4/h4-5H,2-3,6H2,1H3;1H3,(H,3,4). The molecule has 0 aromatic heterocycles. The number of carbonyl (C=O) groups is 1. The van der Waals surface area contributed by atoms with Crippen LogP contribution in [0.1, 0.15) is 20.3 Å². The predicted molar refractivity (Wildman–Crippen MR) is 41.3 cm³/mol. The van der Waals surface area contributed by atoms with Gasteiger partial charge in [0.25, 0.3) is 5.97 Å². The summed E-state index contributed by atoms with van der Waals surface area (Å²) in [5, 5.41) is 7.42. The van der Waals surface area contributed by atoms with E-state index in [9.17, 15) is 0 Å². The van der Waals surface area contributed by atoms with Crippen LogP contribution in [0.25, 0.3) is 0 Å². The fourth-order valence-corrected chi connectivity index (χ4v) is 0.748. The van der Waals surface area contributed by atoms with Gasteiger partial charge in [-0.15, -0.1) is 0 Å². The van der Waals surface area contributed by atoms with Crippen molar-refractivity contribution in [3.63, 3.8) is 0 Å².